The normalized spacial score (nSPS) is 21.4. The summed E-state index contributed by atoms with van der Waals surface area (Å²) in [6.45, 7) is 0.326. The minimum Gasteiger partial charge on any atom is -0.480 e. The molecular weight excluding hydrogens is 346 g/mol. The Hall–Kier alpha value is -2.86. The Labute approximate surface area is 157 Å². The molecular formula is C21H21NO5. The third kappa shape index (κ3) is 3.17. The molecule has 0 unspecified atom stereocenters. The molecule has 2 N–H and O–H groups in total. The average Bonchev–Trinajstić information content (AvgIpc) is 3.00. The lowest BCUT2D eigenvalue weighted by atomic mass is 9.98. The first kappa shape index (κ1) is 17.5. The van der Waals surface area contributed by atoms with Gasteiger partial charge in [0, 0.05) is 18.9 Å². The minimum absolute atomic E-state index is 0.0273. The number of ether oxygens (including phenoxy) is 1. The Morgan fingerprint density at radius 1 is 1.04 bits per heavy atom. The van der Waals surface area contributed by atoms with Crippen LogP contribution in [0.25, 0.3) is 11.1 Å². The molecule has 6 nitrogen and oxygen atoms in total. The van der Waals surface area contributed by atoms with Crippen LogP contribution in [0.15, 0.2) is 48.5 Å². The quantitative estimate of drug-likeness (QED) is 0.871. The van der Waals surface area contributed by atoms with Gasteiger partial charge in [-0.3, -0.25) is 4.90 Å². The summed E-state index contributed by atoms with van der Waals surface area (Å²) in [5.74, 6) is -1.19. The van der Waals surface area contributed by atoms with E-state index in [1.165, 1.54) is 4.90 Å². The number of carbonyl (C=O) groups excluding carboxylic acids is 1. The van der Waals surface area contributed by atoms with E-state index >= 15 is 0 Å². The molecule has 0 aromatic heterocycles. The summed E-state index contributed by atoms with van der Waals surface area (Å²) in [4.78, 5) is 25.2. The zero-order valence-electron chi connectivity index (χ0n) is 14.7. The van der Waals surface area contributed by atoms with Crippen LogP contribution in [0, 0.1) is 0 Å². The average molecular weight is 367 g/mol. The minimum atomic E-state index is -1.12. The van der Waals surface area contributed by atoms with Crippen molar-refractivity contribution in [1.82, 2.24) is 4.90 Å². The second-order valence-corrected chi connectivity index (χ2v) is 7.03. The van der Waals surface area contributed by atoms with E-state index < -0.39 is 24.2 Å². The van der Waals surface area contributed by atoms with E-state index in [9.17, 15) is 19.8 Å². The molecule has 2 atom stereocenters. The molecule has 1 saturated heterocycles. The highest BCUT2D eigenvalue weighted by Gasteiger charge is 2.37. The van der Waals surface area contributed by atoms with Gasteiger partial charge in [0.25, 0.3) is 0 Å². The molecule has 4 rings (SSSR count). The van der Waals surface area contributed by atoms with Crippen LogP contribution in [0.1, 0.15) is 29.9 Å². The third-order valence-corrected chi connectivity index (χ3v) is 5.43. The zero-order chi connectivity index (χ0) is 19.0. The molecule has 2 aromatic carbocycles. The maximum Gasteiger partial charge on any atom is 0.410 e. The third-order valence-electron chi connectivity index (χ3n) is 5.43. The zero-order valence-corrected chi connectivity index (χ0v) is 14.7. The van der Waals surface area contributed by atoms with Gasteiger partial charge in [0.2, 0.25) is 0 Å². The van der Waals surface area contributed by atoms with Crippen LogP contribution in [0.2, 0.25) is 0 Å². The van der Waals surface area contributed by atoms with Gasteiger partial charge in [-0.25, -0.2) is 9.59 Å². The number of hydrogen-bond acceptors (Lipinski definition) is 4. The molecule has 1 amide bonds. The Morgan fingerprint density at radius 2 is 1.63 bits per heavy atom. The smallest absolute Gasteiger partial charge is 0.410 e. The van der Waals surface area contributed by atoms with Gasteiger partial charge in [-0.2, -0.15) is 0 Å². The molecule has 1 heterocycles. The molecule has 0 bridgehead atoms. The van der Waals surface area contributed by atoms with Gasteiger partial charge in [-0.15, -0.1) is 0 Å². The molecule has 1 aliphatic heterocycles. The first-order valence-corrected chi connectivity index (χ1v) is 9.08. The number of likely N-dealkylation sites (tertiary alicyclic amines) is 1. The van der Waals surface area contributed by atoms with Gasteiger partial charge in [0.15, 0.2) is 0 Å². The maximum absolute atomic E-state index is 12.6. The lowest BCUT2D eigenvalue weighted by Crippen LogP contribution is -2.51. The van der Waals surface area contributed by atoms with Gasteiger partial charge in [0.1, 0.15) is 12.6 Å². The Balaban J connectivity index is 1.52. The Kier molecular flexibility index (Phi) is 4.58. The van der Waals surface area contributed by atoms with Crippen LogP contribution in [0.3, 0.4) is 0 Å². The molecule has 2 aliphatic rings. The van der Waals surface area contributed by atoms with E-state index in [4.69, 9.17) is 4.74 Å². The summed E-state index contributed by atoms with van der Waals surface area (Å²) < 4.78 is 5.54. The van der Waals surface area contributed by atoms with E-state index in [2.05, 4.69) is 12.1 Å². The molecule has 1 aliphatic carbocycles. The summed E-state index contributed by atoms with van der Waals surface area (Å²) in [6, 6.07) is 15.0. The number of carboxylic acid groups (broad SMARTS) is 1. The number of hydrogen-bond donors (Lipinski definition) is 2. The first-order valence-electron chi connectivity index (χ1n) is 9.08. The highest BCUT2D eigenvalue weighted by Crippen LogP contribution is 2.44. The van der Waals surface area contributed by atoms with Gasteiger partial charge >= 0.3 is 12.1 Å². The summed E-state index contributed by atoms with van der Waals surface area (Å²) in [6.07, 6.45) is -0.965. The SMILES string of the molecule is O=C(O)[C@H]1C[C@@H](O)CCN1C(=O)OCC1c2ccccc2-c2ccccc21. The first-order chi connectivity index (χ1) is 13.1. The van der Waals surface area contributed by atoms with Crippen molar-refractivity contribution < 1.29 is 24.5 Å². The van der Waals surface area contributed by atoms with Crippen LogP contribution < -0.4 is 0 Å². The fraction of sp³-hybridized carbons (Fsp3) is 0.333. The van der Waals surface area contributed by atoms with E-state index in [1.54, 1.807) is 0 Å². The number of piperidine rings is 1. The van der Waals surface area contributed by atoms with E-state index in [0.29, 0.717) is 6.42 Å². The number of benzene rings is 2. The largest absolute Gasteiger partial charge is 0.480 e. The predicted molar refractivity (Wildman–Crippen MR) is 98.4 cm³/mol. The van der Waals surface area contributed by atoms with Crippen LogP contribution >= 0.6 is 0 Å². The van der Waals surface area contributed by atoms with Crippen molar-refractivity contribution in [3.63, 3.8) is 0 Å². The molecule has 1 fully saturated rings. The van der Waals surface area contributed by atoms with E-state index in [1.807, 2.05) is 36.4 Å². The number of amides is 1. The molecule has 2 aromatic rings. The molecule has 0 radical (unpaired) electrons. The van der Waals surface area contributed by atoms with Crippen molar-refractivity contribution in [2.24, 2.45) is 0 Å². The number of nitrogens with zero attached hydrogens (tertiary/aromatic N) is 1. The number of aliphatic hydroxyl groups excluding tert-OH is 1. The summed E-state index contributed by atoms with van der Waals surface area (Å²) in [7, 11) is 0. The van der Waals surface area contributed by atoms with Crippen molar-refractivity contribution in [1.29, 1.82) is 0 Å². The van der Waals surface area contributed by atoms with Crippen LogP contribution in [-0.2, 0) is 9.53 Å². The van der Waals surface area contributed by atoms with Gasteiger partial charge in [-0.1, -0.05) is 48.5 Å². The number of carboxylic acids is 1. The second kappa shape index (κ2) is 7.04. The maximum atomic E-state index is 12.6. The van der Waals surface area contributed by atoms with Crippen molar-refractivity contribution in [2.75, 3.05) is 13.2 Å². The summed E-state index contributed by atoms with van der Waals surface area (Å²) in [5, 5.41) is 19.1. The summed E-state index contributed by atoms with van der Waals surface area (Å²) in [5.41, 5.74) is 4.49. The van der Waals surface area contributed by atoms with Gasteiger partial charge in [-0.05, 0) is 28.7 Å². The molecule has 6 heteroatoms. The van der Waals surface area contributed by atoms with Crippen molar-refractivity contribution in [2.45, 2.75) is 30.9 Å². The summed E-state index contributed by atoms with van der Waals surface area (Å²) >= 11 is 0. The topological polar surface area (TPSA) is 87.1 Å². The lowest BCUT2D eigenvalue weighted by molar-refractivity contribution is -0.145. The molecule has 27 heavy (non-hydrogen) atoms. The van der Waals surface area contributed by atoms with E-state index in [-0.39, 0.29) is 25.5 Å². The Bertz CT molecular complexity index is 835. The van der Waals surface area contributed by atoms with Crippen LogP contribution in [0.5, 0.6) is 0 Å². The fourth-order valence-corrected chi connectivity index (χ4v) is 4.08. The highest BCUT2D eigenvalue weighted by atomic mass is 16.6. The van der Waals surface area contributed by atoms with Crippen molar-refractivity contribution >= 4 is 12.1 Å². The Morgan fingerprint density at radius 3 is 2.22 bits per heavy atom. The van der Waals surface area contributed by atoms with Gasteiger partial charge in [0.05, 0.1) is 6.10 Å². The fourth-order valence-electron chi connectivity index (χ4n) is 4.08. The van der Waals surface area contributed by atoms with Crippen molar-refractivity contribution in [3.05, 3.63) is 59.7 Å². The van der Waals surface area contributed by atoms with Gasteiger partial charge < -0.3 is 14.9 Å². The second-order valence-electron chi connectivity index (χ2n) is 7.03. The van der Waals surface area contributed by atoms with Crippen LogP contribution in [-0.4, -0.2) is 52.5 Å². The number of fused-ring (bicyclic) bond motifs is 3. The molecule has 0 spiro atoms. The lowest BCUT2D eigenvalue weighted by Gasteiger charge is -2.34. The number of aliphatic carboxylic acids is 1. The standard InChI is InChI=1S/C21H21NO5/c23-13-9-10-22(19(11-13)20(24)25)21(26)27-12-18-16-7-3-1-5-14(16)15-6-2-4-8-17(15)18/h1-8,13,18-19,23H,9-12H2,(H,24,25)/t13-,19+/m0/s1. The number of rotatable bonds is 3. The van der Waals surface area contributed by atoms with Crippen LogP contribution in [0.4, 0.5) is 4.79 Å². The highest BCUT2D eigenvalue weighted by molar-refractivity contribution is 5.81. The van der Waals surface area contributed by atoms with Crippen molar-refractivity contribution in [3.8, 4) is 11.1 Å². The number of carbonyl (C=O) groups is 2. The predicted octanol–water partition coefficient (Wildman–Crippen LogP) is 2.85. The molecule has 0 saturated carbocycles. The number of aliphatic hydroxyl groups is 1. The molecule has 140 valence electrons. The monoisotopic (exact) mass is 367 g/mol. The van der Waals surface area contributed by atoms with E-state index in [0.717, 1.165) is 22.3 Å².